The minimum absolute atomic E-state index is 0.00366. The first-order chi connectivity index (χ1) is 13.0. The third-order valence-corrected chi connectivity index (χ3v) is 4.50. The third kappa shape index (κ3) is 3.64. The summed E-state index contributed by atoms with van der Waals surface area (Å²) in [6, 6.07) is 9.19. The van der Waals surface area contributed by atoms with Crippen LogP contribution < -0.4 is 24.4 Å². The number of anilines is 2. The van der Waals surface area contributed by atoms with Crippen LogP contribution in [0.4, 0.5) is 11.4 Å². The van der Waals surface area contributed by atoms with E-state index in [1.165, 1.54) is 21.3 Å². The van der Waals surface area contributed by atoms with E-state index < -0.39 is 6.04 Å². The Hall–Kier alpha value is -2.93. The number of ether oxygens (including phenoxy) is 3. The number of methoxy groups -OCH3 is 3. The Morgan fingerprint density at radius 2 is 1.74 bits per heavy atom. The molecule has 0 aromatic heterocycles. The SMILES string of the molecule is COc1ccc(N2C(=O)C[C@@H](Nc3cc(Cl)ccc3OC)C2=O)c(OC)c1. The van der Waals surface area contributed by atoms with Crippen molar-refractivity contribution in [2.75, 3.05) is 31.5 Å². The van der Waals surface area contributed by atoms with Gasteiger partial charge in [0.05, 0.1) is 39.1 Å². The molecule has 1 aliphatic heterocycles. The Balaban J connectivity index is 1.89. The van der Waals surface area contributed by atoms with Crippen LogP contribution in [0.1, 0.15) is 6.42 Å². The molecule has 0 aliphatic carbocycles. The number of carbonyl (C=O) groups is 2. The number of hydrogen-bond donors (Lipinski definition) is 1. The smallest absolute Gasteiger partial charge is 0.256 e. The van der Waals surface area contributed by atoms with Gasteiger partial charge in [-0.15, -0.1) is 0 Å². The minimum atomic E-state index is -0.739. The van der Waals surface area contributed by atoms with Crippen molar-refractivity contribution in [1.29, 1.82) is 0 Å². The van der Waals surface area contributed by atoms with E-state index in [4.69, 9.17) is 25.8 Å². The van der Waals surface area contributed by atoms with Gasteiger partial charge in [-0.3, -0.25) is 9.59 Å². The van der Waals surface area contributed by atoms with Crippen LogP contribution in [0.5, 0.6) is 17.2 Å². The van der Waals surface area contributed by atoms with Gasteiger partial charge in [0.1, 0.15) is 23.3 Å². The summed E-state index contributed by atoms with van der Waals surface area (Å²) < 4.78 is 15.8. The Kier molecular flexibility index (Phi) is 5.41. The highest BCUT2D eigenvalue weighted by Gasteiger charge is 2.41. The van der Waals surface area contributed by atoms with E-state index in [1.807, 2.05) is 0 Å². The zero-order valence-corrected chi connectivity index (χ0v) is 15.9. The van der Waals surface area contributed by atoms with Crippen molar-refractivity contribution in [1.82, 2.24) is 0 Å². The number of nitrogens with one attached hydrogen (secondary N) is 1. The summed E-state index contributed by atoms with van der Waals surface area (Å²) in [5.41, 5.74) is 0.912. The van der Waals surface area contributed by atoms with Crippen molar-refractivity contribution in [2.45, 2.75) is 12.5 Å². The molecule has 8 heteroatoms. The van der Waals surface area contributed by atoms with Gasteiger partial charge in [0.2, 0.25) is 5.91 Å². The maximum Gasteiger partial charge on any atom is 0.256 e. The molecule has 1 N–H and O–H groups in total. The van der Waals surface area contributed by atoms with Crippen LogP contribution in [0.15, 0.2) is 36.4 Å². The summed E-state index contributed by atoms with van der Waals surface area (Å²) in [6.07, 6.45) is 0.00366. The summed E-state index contributed by atoms with van der Waals surface area (Å²) in [6.45, 7) is 0. The Labute approximate surface area is 161 Å². The van der Waals surface area contributed by atoms with Crippen LogP contribution in [0.3, 0.4) is 0 Å². The molecular weight excluding hydrogens is 372 g/mol. The third-order valence-electron chi connectivity index (χ3n) is 4.27. The average Bonchev–Trinajstić information content (AvgIpc) is 2.94. The summed E-state index contributed by atoms with van der Waals surface area (Å²) in [7, 11) is 4.51. The maximum atomic E-state index is 12.9. The minimum Gasteiger partial charge on any atom is -0.497 e. The van der Waals surface area contributed by atoms with E-state index in [0.29, 0.717) is 33.6 Å². The van der Waals surface area contributed by atoms with Gasteiger partial charge in [0.25, 0.3) is 5.91 Å². The Morgan fingerprint density at radius 3 is 2.41 bits per heavy atom. The van der Waals surface area contributed by atoms with Crippen molar-refractivity contribution in [3.63, 3.8) is 0 Å². The number of benzene rings is 2. The van der Waals surface area contributed by atoms with Crippen molar-refractivity contribution in [2.24, 2.45) is 0 Å². The van der Waals surface area contributed by atoms with Crippen molar-refractivity contribution >= 4 is 34.8 Å². The predicted molar refractivity (Wildman–Crippen MR) is 102 cm³/mol. The number of halogens is 1. The number of nitrogens with zero attached hydrogens (tertiary/aromatic N) is 1. The highest BCUT2D eigenvalue weighted by atomic mass is 35.5. The molecule has 0 radical (unpaired) electrons. The molecule has 0 bridgehead atoms. The highest BCUT2D eigenvalue weighted by Crippen LogP contribution is 2.36. The molecular formula is C19H19ClN2O5. The second kappa shape index (κ2) is 7.75. The average molecular weight is 391 g/mol. The molecule has 1 aliphatic rings. The fourth-order valence-corrected chi connectivity index (χ4v) is 3.12. The largest absolute Gasteiger partial charge is 0.497 e. The Morgan fingerprint density at radius 1 is 1.00 bits per heavy atom. The molecule has 1 atom stereocenters. The van der Waals surface area contributed by atoms with Crippen molar-refractivity contribution < 1.29 is 23.8 Å². The molecule has 7 nitrogen and oxygen atoms in total. The first kappa shape index (κ1) is 18.8. The second-order valence-electron chi connectivity index (χ2n) is 5.85. The first-order valence-electron chi connectivity index (χ1n) is 8.17. The molecule has 27 heavy (non-hydrogen) atoms. The number of rotatable bonds is 6. The monoisotopic (exact) mass is 390 g/mol. The van der Waals surface area contributed by atoms with Crippen LogP contribution in [0, 0.1) is 0 Å². The molecule has 0 unspecified atom stereocenters. The highest BCUT2D eigenvalue weighted by molar-refractivity contribution is 6.31. The molecule has 2 aromatic rings. The lowest BCUT2D eigenvalue weighted by atomic mass is 10.2. The Bertz CT molecular complexity index is 886. The van der Waals surface area contributed by atoms with E-state index >= 15 is 0 Å². The summed E-state index contributed by atoms with van der Waals surface area (Å²) >= 11 is 6.03. The van der Waals surface area contributed by atoms with E-state index in [1.54, 1.807) is 36.4 Å². The number of hydrogen-bond acceptors (Lipinski definition) is 6. The quantitative estimate of drug-likeness (QED) is 0.764. The topological polar surface area (TPSA) is 77.1 Å². The summed E-state index contributed by atoms with van der Waals surface area (Å²) in [5.74, 6) is 0.748. The molecule has 2 amide bonds. The molecule has 1 saturated heterocycles. The van der Waals surface area contributed by atoms with E-state index in [0.717, 1.165) is 4.90 Å². The van der Waals surface area contributed by atoms with Crippen LogP contribution >= 0.6 is 11.6 Å². The van der Waals surface area contributed by atoms with Gasteiger partial charge >= 0.3 is 0 Å². The molecule has 0 saturated carbocycles. The number of amides is 2. The standard InChI is InChI=1S/C19H19ClN2O5/c1-25-12-5-6-15(17(9-12)27-3)22-18(23)10-14(19(22)24)21-13-8-11(20)4-7-16(13)26-2/h4-9,14,21H,10H2,1-3H3/t14-/m1/s1. The van der Waals surface area contributed by atoms with Gasteiger partial charge in [-0.05, 0) is 30.3 Å². The predicted octanol–water partition coefficient (Wildman–Crippen LogP) is 3.11. The molecule has 3 rings (SSSR count). The number of imide groups is 1. The summed E-state index contributed by atoms with van der Waals surface area (Å²) in [4.78, 5) is 26.6. The van der Waals surface area contributed by atoms with Crippen LogP contribution in [-0.4, -0.2) is 39.2 Å². The van der Waals surface area contributed by atoms with Gasteiger partial charge < -0.3 is 19.5 Å². The maximum absolute atomic E-state index is 12.9. The van der Waals surface area contributed by atoms with Gasteiger partial charge in [-0.1, -0.05) is 11.6 Å². The lowest BCUT2D eigenvalue weighted by Gasteiger charge is -2.19. The lowest BCUT2D eigenvalue weighted by Crippen LogP contribution is -2.35. The first-order valence-corrected chi connectivity index (χ1v) is 8.55. The molecule has 1 fully saturated rings. The van der Waals surface area contributed by atoms with E-state index in [9.17, 15) is 9.59 Å². The number of carbonyl (C=O) groups excluding carboxylic acids is 2. The van der Waals surface area contributed by atoms with E-state index in [-0.39, 0.29) is 18.2 Å². The van der Waals surface area contributed by atoms with E-state index in [2.05, 4.69) is 5.32 Å². The van der Waals surface area contributed by atoms with Gasteiger partial charge in [-0.25, -0.2) is 4.90 Å². The van der Waals surface area contributed by atoms with Crippen LogP contribution in [-0.2, 0) is 9.59 Å². The zero-order valence-electron chi connectivity index (χ0n) is 15.1. The van der Waals surface area contributed by atoms with Gasteiger partial charge in [-0.2, -0.15) is 0 Å². The zero-order chi connectivity index (χ0) is 19.6. The molecule has 2 aromatic carbocycles. The molecule has 0 spiro atoms. The molecule has 1 heterocycles. The lowest BCUT2D eigenvalue weighted by molar-refractivity contribution is -0.121. The summed E-state index contributed by atoms with van der Waals surface area (Å²) in [5, 5.41) is 3.54. The van der Waals surface area contributed by atoms with Gasteiger partial charge in [0.15, 0.2) is 0 Å². The normalized spacial score (nSPS) is 16.4. The van der Waals surface area contributed by atoms with Crippen molar-refractivity contribution in [3.05, 3.63) is 41.4 Å². The van der Waals surface area contributed by atoms with Crippen LogP contribution in [0.25, 0.3) is 0 Å². The fourth-order valence-electron chi connectivity index (χ4n) is 2.95. The van der Waals surface area contributed by atoms with Crippen molar-refractivity contribution in [3.8, 4) is 17.2 Å². The van der Waals surface area contributed by atoms with Gasteiger partial charge in [0, 0.05) is 11.1 Å². The van der Waals surface area contributed by atoms with Crippen LogP contribution in [0.2, 0.25) is 5.02 Å². The molecule has 142 valence electrons. The fraction of sp³-hybridized carbons (Fsp3) is 0.263. The second-order valence-corrected chi connectivity index (χ2v) is 6.29.